The van der Waals surface area contributed by atoms with Crippen LogP contribution in [0, 0.1) is 0 Å². The molecule has 3 atom stereocenters. The highest BCUT2D eigenvalue weighted by atomic mass is 32.1. The summed E-state index contributed by atoms with van der Waals surface area (Å²) in [5.74, 6) is -0.168. The number of nitrogens with two attached hydrogens (primary N) is 1. The first-order valence-corrected chi connectivity index (χ1v) is 15.8. The Balaban J connectivity index is 1.67. The van der Waals surface area contributed by atoms with Crippen molar-refractivity contribution in [3.8, 4) is 0 Å². The topological polar surface area (TPSA) is 129 Å². The van der Waals surface area contributed by atoms with Crippen molar-refractivity contribution in [3.63, 3.8) is 0 Å². The Bertz CT molecular complexity index is 1280. The van der Waals surface area contributed by atoms with Crippen LogP contribution in [-0.2, 0) is 29.0 Å². The fourth-order valence-electron chi connectivity index (χ4n) is 4.76. The first-order chi connectivity index (χ1) is 20.6. The summed E-state index contributed by atoms with van der Waals surface area (Å²) in [7, 11) is 1.68. The molecule has 1 aromatic heterocycles. The normalized spacial score (nSPS) is 13.2. The number of aromatic nitrogens is 1. The van der Waals surface area contributed by atoms with E-state index in [9.17, 15) is 14.4 Å². The van der Waals surface area contributed by atoms with Gasteiger partial charge in [-0.3, -0.25) is 9.59 Å². The zero-order valence-corrected chi connectivity index (χ0v) is 26.5. The second-order valence-electron chi connectivity index (χ2n) is 11.4. The van der Waals surface area contributed by atoms with Crippen LogP contribution in [0.4, 0.5) is 4.79 Å². The van der Waals surface area contributed by atoms with E-state index in [0.717, 1.165) is 29.1 Å². The fourth-order valence-corrected chi connectivity index (χ4v) is 5.58. The molecule has 0 aliphatic heterocycles. The van der Waals surface area contributed by atoms with Gasteiger partial charge in [0, 0.05) is 43.9 Å². The van der Waals surface area contributed by atoms with Crippen LogP contribution in [0.5, 0.6) is 0 Å². The number of carbonyl (C=O) groups excluding carboxylic acids is 3. The van der Waals surface area contributed by atoms with Gasteiger partial charge in [-0.05, 0) is 43.2 Å². The largest absolute Gasteiger partial charge is 0.356 e. The molecule has 43 heavy (non-hydrogen) atoms. The Morgan fingerprint density at radius 1 is 0.907 bits per heavy atom. The second-order valence-corrected chi connectivity index (χ2v) is 12.3. The van der Waals surface area contributed by atoms with Gasteiger partial charge in [0.05, 0.1) is 17.2 Å². The minimum Gasteiger partial charge on any atom is -0.356 e. The molecule has 2 aromatic carbocycles. The second kappa shape index (κ2) is 17.4. The van der Waals surface area contributed by atoms with Crippen molar-refractivity contribution < 1.29 is 14.4 Å². The summed E-state index contributed by atoms with van der Waals surface area (Å²) < 4.78 is 0. The van der Waals surface area contributed by atoms with E-state index >= 15 is 0 Å². The fraction of sp³-hybridized carbons (Fsp3) is 0.455. The van der Waals surface area contributed by atoms with Crippen LogP contribution < -0.4 is 21.7 Å². The summed E-state index contributed by atoms with van der Waals surface area (Å²) in [6.07, 6.45) is 3.06. The number of amides is 4. The lowest BCUT2D eigenvalue weighted by Crippen LogP contribution is -2.53. The van der Waals surface area contributed by atoms with Crippen LogP contribution >= 0.6 is 11.3 Å². The van der Waals surface area contributed by atoms with Crippen LogP contribution in [0.3, 0.4) is 0 Å². The van der Waals surface area contributed by atoms with Gasteiger partial charge in [0.15, 0.2) is 0 Å². The summed E-state index contributed by atoms with van der Waals surface area (Å²) in [5, 5.41) is 11.8. The number of hydrogen-bond donors (Lipinski definition) is 4. The smallest absolute Gasteiger partial charge is 0.318 e. The summed E-state index contributed by atoms with van der Waals surface area (Å²) in [6.45, 7) is 6.17. The maximum absolute atomic E-state index is 13.7. The minimum atomic E-state index is -0.834. The van der Waals surface area contributed by atoms with E-state index in [0.29, 0.717) is 25.3 Å². The summed E-state index contributed by atoms with van der Waals surface area (Å²) >= 11 is 1.58. The van der Waals surface area contributed by atoms with E-state index in [1.165, 1.54) is 17.4 Å². The van der Waals surface area contributed by atoms with Crippen LogP contribution in [-0.4, -0.2) is 59.4 Å². The van der Waals surface area contributed by atoms with Crippen molar-refractivity contribution in [2.75, 3.05) is 13.6 Å². The van der Waals surface area contributed by atoms with E-state index in [1.54, 1.807) is 18.4 Å². The standard InChI is InChI=1S/C33H46N6O3S/c1-23(2)32-37-29(22-43-32)21-39(4)33(42)38-30(17-18-35-24(3)40)31(41)36-28(20-26-13-9-6-10-14-26)16-15-27(34)19-25-11-7-5-8-12-25/h5-14,22-23,27-28,30H,15-21,34H2,1-4H3,(H,35,40)(H,36,41)(H,38,42)/t27-,28-,30-/m0/s1. The monoisotopic (exact) mass is 606 g/mol. The lowest BCUT2D eigenvalue weighted by molar-refractivity contribution is -0.124. The number of hydrogen-bond acceptors (Lipinski definition) is 6. The maximum Gasteiger partial charge on any atom is 0.318 e. The van der Waals surface area contributed by atoms with Crippen LogP contribution in [0.2, 0.25) is 0 Å². The van der Waals surface area contributed by atoms with Gasteiger partial charge in [-0.25, -0.2) is 9.78 Å². The number of nitrogens with one attached hydrogen (secondary N) is 3. The Labute approximate surface area is 259 Å². The molecule has 0 bridgehead atoms. The molecule has 0 radical (unpaired) electrons. The molecule has 0 aliphatic rings. The zero-order chi connectivity index (χ0) is 31.2. The van der Waals surface area contributed by atoms with Gasteiger partial charge >= 0.3 is 6.03 Å². The van der Waals surface area contributed by atoms with E-state index in [2.05, 4.69) is 46.9 Å². The van der Waals surface area contributed by atoms with Gasteiger partial charge in [-0.15, -0.1) is 11.3 Å². The van der Waals surface area contributed by atoms with Crippen molar-refractivity contribution >= 4 is 29.2 Å². The van der Waals surface area contributed by atoms with Gasteiger partial charge < -0.3 is 26.6 Å². The third-order valence-electron chi connectivity index (χ3n) is 7.13. The number of nitrogens with zero attached hydrogens (tertiary/aromatic N) is 2. The molecule has 0 fully saturated rings. The molecule has 0 spiro atoms. The average Bonchev–Trinajstić information content (AvgIpc) is 3.45. The first-order valence-electron chi connectivity index (χ1n) is 14.9. The number of carbonyl (C=O) groups is 3. The molecule has 4 amide bonds. The first kappa shape index (κ1) is 33.7. The van der Waals surface area contributed by atoms with Gasteiger partial charge in [0.2, 0.25) is 11.8 Å². The Morgan fingerprint density at radius 3 is 2.12 bits per heavy atom. The molecule has 0 saturated carbocycles. The molecule has 5 N–H and O–H groups in total. The number of benzene rings is 2. The minimum absolute atomic E-state index is 0.0524. The van der Waals surface area contributed by atoms with E-state index in [-0.39, 0.29) is 42.9 Å². The molecule has 232 valence electrons. The van der Waals surface area contributed by atoms with Crippen LogP contribution in [0.15, 0.2) is 66.0 Å². The van der Waals surface area contributed by atoms with Gasteiger partial charge in [0.1, 0.15) is 6.04 Å². The highest BCUT2D eigenvalue weighted by molar-refractivity contribution is 7.09. The predicted octanol–water partition coefficient (Wildman–Crippen LogP) is 4.38. The Hall–Kier alpha value is -3.76. The SMILES string of the molecule is CC(=O)NCC[C@H](NC(=O)N(C)Cc1csc(C(C)C)n1)C(=O)N[C@@H](CC[C@H](N)Cc1ccccc1)Cc1ccccc1. The number of urea groups is 1. The maximum atomic E-state index is 13.7. The molecular weight excluding hydrogens is 560 g/mol. The lowest BCUT2D eigenvalue weighted by atomic mass is 9.96. The van der Waals surface area contributed by atoms with Crippen molar-refractivity contribution in [2.45, 2.75) is 83.5 Å². The highest BCUT2D eigenvalue weighted by Gasteiger charge is 2.25. The molecule has 1 heterocycles. The molecule has 0 unspecified atom stereocenters. The summed E-state index contributed by atoms with van der Waals surface area (Å²) in [4.78, 5) is 44.5. The van der Waals surface area contributed by atoms with Crippen molar-refractivity contribution in [1.29, 1.82) is 0 Å². The average molecular weight is 607 g/mol. The highest BCUT2D eigenvalue weighted by Crippen LogP contribution is 2.20. The number of rotatable bonds is 16. The summed E-state index contributed by atoms with van der Waals surface area (Å²) in [5.41, 5.74) is 9.58. The molecule has 0 saturated heterocycles. The van der Waals surface area contributed by atoms with E-state index in [4.69, 9.17) is 5.73 Å². The third-order valence-corrected chi connectivity index (χ3v) is 8.32. The molecule has 3 rings (SSSR count). The third kappa shape index (κ3) is 12.2. The van der Waals surface area contributed by atoms with Gasteiger partial charge in [0.25, 0.3) is 0 Å². The lowest BCUT2D eigenvalue weighted by Gasteiger charge is -2.26. The van der Waals surface area contributed by atoms with Gasteiger partial charge in [-0.2, -0.15) is 0 Å². The van der Waals surface area contributed by atoms with E-state index < -0.39 is 6.04 Å². The number of thiazole rings is 1. The molecule has 9 nitrogen and oxygen atoms in total. The Kier molecular flexibility index (Phi) is 13.6. The molecule has 3 aromatic rings. The van der Waals surface area contributed by atoms with Crippen LogP contribution in [0.1, 0.15) is 67.8 Å². The quantitative estimate of drug-likeness (QED) is 0.192. The van der Waals surface area contributed by atoms with Gasteiger partial charge in [-0.1, -0.05) is 74.5 Å². The van der Waals surface area contributed by atoms with Crippen LogP contribution in [0.25, 0.3) is 0 Å². The predicted molar refractivity (Wildman–Crippen MR) is 173 cm³/mol. The zero-order valence-electron chi connectivity index (χ0n) is 25.7. The molecule has 10 heteroatoms. The van der Waals surface area contributed by atoms with E-state index in [1.807, 2.05) is 53.9 Å². The molecule has 0 aliphatic carbocycles. The molecular formula is C33H46N6O3S. The van der Waals surface area contributed by atoms with Crippen molar-refractivity contribution in [1.82, 2.24) is 25.8 Å². The van der Waals surface area contributed by atoms with Crippen molar-refractivity contribution in [2.24, 2.45) is 5.73 Å². The summed E-state index contributed by atoms with van der Waals surface area (Å²) in [6, 6.07) is 18.7. The Morgan fingerprint density at radius 2 is 1.53 bits per heavy atom. The van der Waals surface area contributed by atoms with Crippen molar-refractivity contribution in [3.05, 3.63) is 87.9 Å².